The molecule has 0 aliphatic heterocycles. The monoisotopic (exact) mass is 263 g/mol. The number of anilines is 1. The molecule has 0 aromatic heterocycles. The van der Waals surface area contributed by atoms with Gasteiger partial charge in [-0.2, -0.15) is 0 Å². The molecule has 106 valence electrons. The van der Waals surface area contributed by atoms with Crippen LogP contribution in [0, 0.1) is 30.5 Å². The summed E-state index contributed by atoms with van der Waals surface area (Å²) in [7, 11) is 0. The molecule has 1 fully saturated rings. The van der Waals surface area contributed by atoms with E-state index in [-0.39, 0.29) is 5.82 Å². The molecule has 1 aromatic rings. The quantitative estimate of drug-likeness (QED) is 0.808. The van der Waals surface area contributed by atoms with Crippen molar-refractivity contribution >= 4 is 5.69 Å². The SMILES string of the molecule is Cc1cc(F)cc(NC2CC(C)CCC2C(C)C)c1. The van der Waals surface area contributed by atoms with Crippen molar-refractivity contribution in [3.8, 4) is 0 Å². The summed E-state index contributed by atoms with van der Waals surface area (Å²) in [6.07, 6.45) is 3.80. The van der Waals surface area contributed by atoms with Crippen molar-refractivity contribution in [2.45, 2.75) is 53.0 Å². The van der Waals surface area contributed by atoms with E-state index < -0.39 is 0 Å². The molecule has 0 spiro atoms. The standard InChI is InChI=1S/C17H26FN/c1-11(2)16-6-5-12(3)9-17(16)19-15-8-13(4)7-14(18)10-15/h7-8,10-12,16-17,19H,5-6,9H2,1-4H3. The summed E-state index contributed by atoms with van der Waals surface area (Å²) in [5.41, 5.74) is 1.91. The molecule has 19 heavy (non-hydrogen) atoms. The second-order valence-electron chi connectivity index (χ2n) is 6.59. The normalized spacial score (nSPS) is 27.6. The highest BCUT2D eigenvalue weighted by molar-refractivity contribution is 5.47. The number of nitrogens with one attached hydrogen (secondary N) is 1. The van der Waals surface area contributed by atoms with E-state index in [1.54, 1.807) is 12.1 Å². The van der Waals surface area contributed by atoms with Crippen LogP contribution < -0.4 is 5.32 Å². The van der Waals surface area contributed by atoms with Crippen LogP contribution in [0.25, 0.3) is 0 Å². The fourth-order valence-corrected chi connectivity index (χ4v) is 3.40. The van der Waals surface area contributed by atoms with Crippen LogP contribution in [0.5, 0.6) is 0 Å². The molecule has 0 saturated heterocycles. The van der Waals surface area contributed by atoms with Crippen molar-refractivity contribution in [2.75, 3.05) is 5.32 Å². The Morgan fingerprint density at radius 3 is 2.58 bits per heavy atom. The van der Waals surface area contributed by atoms with Crippen LogP contribution in [-0.4, -0.2) is 6.04 Å². The van der Waals surface area contributed by atoms with Crippen LogP contribution in [0.15, 0.2) is 18.2 Å². The lowest BCUT2D eigenvalue weighted by molar-refractivity contribution is 0.212. The maximum absolute atomic E-state index is 13.5. The Kier molecular flexibility index (Phi) is 4.49. The Bertz CT molecular complexity index is 407. The second-order valence-corrected chi connectivity index (χ2v) is 6.59. The molecule has 1 N–H and O–H groups in total. The summed E-state index contributed by atoms with van der Waals surface area (Å²) in [5.74, 6) is 1.99. The molecule has 1 saturated carbocycles. The van der Waals surface area contributed by atoms with Gasteiger partial charge in [-0.3, -0.25) is 0 Å². The topological polar surface area (TPSA) is 12.0 Å². The second kappa shape index (κ2) is 5.94. The Labute approximate surface area is 116 Å². The summed E-state index contributed by atoms with van der Waals surface area (Å²) >= 11 is 0. The fraction of sp³-hybridized carbons (Fsp3) is 0.647. The number of hydrogen-bond donors (Lipinski definition) is 1. The van der Waals surface area contributed by atoms with Gasteiger partial charge in [-0.25, -0.2) is 4.39 Å². The number of halogens is 1. The molecule has 1 nitrogen and oxygen atoms in total. The van der Waals surface area contributed by atoms with Crippen LogP contribution in [0.1, 0.15) is 45.6 Å². The summed E-state index contributed by atoms with van der Waals surface area (Å²) in [4.78, 5) is 0. The van der Waals surface area contributed by atoms with E-state index in [1.807, 2.05) is 13.0 Å². The van der Waals surface area contributed by atoms with E-state index in [4.69, 9.17) is 0 Å². The molecule has 1 aliphatic carbocycles. The van der Waals surface area contributed by atoms with Crippen LogP contribution in [0.2, 0.25) is 0 Å². The van der Waals surface area contributed by atoms with Crippen molar-refractivity contribution in [3.05, 3.63) is 29.6 Å². The van der Waals surface area contributed by atoms with Gasteiger partial charge in [0.1, 0.15) is 5.82 Å². The molecule has 2 heteroatoms. The molecule has 1 aromatic carbocycles. The van der Waals surface area contributed by atoms with Gasteiger partial charge in [0.05, 0.1) is 0 Å². The van der Waals surface area contributed by atoms with Crippen molar-refractivity contribution < 1.29 is 4.39 Å². The lowest BCUT2D eigenvalue weighted by Crippen LogP contribution is -2.37. The van der Waals surface area contributed by atoms with Crippen LogP contribution in [0.3, 0.4) is 0 Å². The van der Waals surface area contributed by atoms with Gasteiger partial charge in [-0.15, -0.1) is 0 Å². The summed E-state index contributed by atoms with van der Waals surface area (Å²) in [6.45, 7) is 8.86. The number of benzene rings is 1. The van der Waals surface area contributed by atoms with Gasteiger partial charge in [-0.05, 0) is 61.3 Å². The molecule has 3 unspecified atom stereocenters. The van der Waals surface area contributed by atoms with E-state index in [0.717, 1.165) is 17.2 Å². The minimum atomic E-state index is -0.146. The third-order valence-corrected chi connectivity index (χ3v) is 4.42. The molecule has 0 heterocycles. The van der Waals surface area contributed by atoms with Gasteiger partial charge in [0.25, 0.3) is 0 Å². The van der Waals surface area contributed by atoms with Gasteiger partial charge in [0.2, 0.25) is 0 Å². The molecule has 1 aliphatic rings. The largest absolute Gasteiger partial charge is 0.382 e. The van der Waals surface area contributed by atoms with E-state index in [2.05, 4.69) is 26.1 Å². The first-order chi connectivity index (χ1) is 8.95. The maximum atomic E-state index is 13.5. The van der Waals surface area contributed by atoms with E-state index in [1.165, 1.54) is 19.3 Å². The third-order valence-electron chi connectivity index (χ3n) is 4.42. The Morgan fingerprint density at radius 2 is 1.95 bits per heavy atom. The van der Waals surface area contributed by atoms with E-state index in [0.29, 0.717) is 17.9 Å². The average Bonchev–Trinajstić information content (AvgIpc) is 2.26. The number of aryl methyl sites for hydroxylation is 1. The molecular weight excluding hydrogens is 237 g/mol. The Balaban J connectivity index is 2.13. The smallest absolute Gasteiger partial charge is 0.125 e. The summed E-state index contributed by atoms with van der Waals surface area (Å²) in [5, 5.41) is 3.58. The van der Waals surface area contributed by atoms with E-state index in [9.17, 15) is 4.39 Å². The highest BCUT2D eigenvalue weighted by atomic mass is 19.1. The van der Waals surface area contributed by atoms with Crippen LogP contribution in [0.4, 0.5) is 10.1 Å². The minimum absolute atomic E-state index is 0.146. The van der Waals surface area contributed by atoms with E-state index >= 15 is 0 Å². The van der Waals surface area contributed by atoms with Gasteiger partial charge < -0.3 is 5.32 Å². The van der Waals surface area contributed by atoms with Gasteiger partial charge in [0.15, 0.2) is 0 Å². The molecular formula is C17H26FN. The van der Waals surface area contributed by atoms with Crippen molar-refractivity contribution in [1.29, 1.82) is 0 Å². The Morgan fingerprint density at radius 1 is 1.21 bits per heavy atom. The predicted molar refractivity (Wildman–Crippen MR) is 79.9 cm³/mol. The zero-order valence-corrected chi connectivity index (χ0v) is 12.5. The molecule has 2 rings (SSSR count). The summed E-state index contributed by atoms with van der Waals surface area (Å²) < 4.78 is 13.5. The van der Waals surface area contributed by atoms with Gasteiger partial charge >= 0.3 is 0 Å². The Hall–Kier alpha value is -1.05. The highest BCUT2D eigenvalue weighted by Crippen LogP contribution is 2.35. The zero-order chi connectivity index (χ0) is 14.0. The van der Waals surface area contributed by atoms with Crippen molar-refractivity contribution in [2.24, 2.45) is 17.8 Å². The lowest BCUT2D eigenvalue weighted by atomic mass is 9.74. The zero-order valence-electron chi connectivity index (χ0n) is 12.5. The molecule has 0 radical (unpaired) electrons. The predicted octanol–water partition coefficient (Wildman–Crippen LogP) is 5.01. The first kappa shape index (κ1) is 14.4. The van der Waals surface area contributed by atoms with Gasteiger partial charge in [-0.1, -0.05) is 27.2 Å². The third kappa shape index (κ3) is 3.71. The average molecular weight is 263 g/mol. The maximum Gasteiger partial charge on any atom is 0.125 e. The van der Waals surface area contributed by atoms with Crippen LogP contribution in [-0.2, 0) is 0 Å². The van der Waals surface area contributed by atoms with Gasteiger partial charge in [0, 0.05) is 11.7 Å². The van der Waals surface area contributed by atoms with Crippen LogP contribution >= 0.6 is 0 Å². The first-order valence-corrected chi connectivity index (χ1v) is 7.49. The summed E-state index contributed by atoms with van der Waals surface area (Å²) in [6, 6.07) is 5.71. The first-order valence-electron chi connectivity index (χ1n) is 7.49. The van der Waals surface area contributed by atoms with Crippen molar-refractivity contribution in [3.63, 3.8) is 0 Å². The van der Waals surface area contributed by atoms with Crippen molar-refractivity contribution in [1.82, 2.24) is 0 Å². The fourth-order valence-electron chi connectivity index (χ4n) is 3.40. The molecule has 0 amide bonds. The highest BCUT2D eigenvalue weighted by Gasteiger charge is 2.30. The number of hydrogen-bond acceptors (Lipinski definition) is 1. The molecule has 0 bridgehead atoms. The molecule has 3 atom stereocenters. The minimum Gasteiger partial charge on any atom is -0.382 e. The lowest BCUT2D eigenvalue weighted by Gasteiger charge is -2.38. The number of rotatable bonds is 3.